The van der Waals surface area contributed by atoms with Crippen molar-refractivity contribution in [2.75, 3.05) is 13.1 Å². The monoisotopic (exact) mass is 356 g/mol. The molecule has 2 aromatic heterocycles. The minimum atomic E-state index is 0. The van der Waals surface area contributed by atoms with E-state index in [0.717, 1.165) is 32.6 Å². The Hall–Kier alpha value is -0.880. The van der Waals surface area contributed by atoms with Gasteiger partial charge in [0.1, 0.15) is 0 Å². The number of carbonyl (C=O) groups excluding carboxylic acids is 1. The molecule has 1 aliphatic heterocycles. The van der Waals surface area contributed by atoms with E-state index in [1.165, 1.54) is 9.75 Å². The van der Waals surface area contributed by atoms with E-state index in [4.69, 9.17) is 0 Å². The maximum absolute atomic E-state index is 12.7. The number of nitrogens with zero attached hydrogens (tertiary/aromatic N) is 1. The van der Waals surface area contributed by atoms with Gasteiger partial charge in [0.2, 0.25) is 5.91 Å². The van der Waals surface area contributed by atoms with Gasteiger partial charge in [0, 0.05) is 16.2 Å². The highest BCUT2D eigenvalue weighted by Crippen LogP contribution is 2.20. The Morgan fingerprint density at radius 1 is 1.18 bits per heavy atom. The number of hydrogen-bond acceptors (Lipinski definition) is 4. The summed E-state index contributed by atoms with van der Waals surface area (Å²) in [6, 6.07) is 8.32. The van der Waals surface area contributed by atoms with Crippen LogP contribution in [0.1, 0.15) is 22.6 Å². The molecule has 120 valence electrons. The van der Waals surface area contributed by atoms with Crippen LogP contribution in [-0.2, 0) is 17.9 Å². The van der Waals surface area contributed by atoms with Crippen LogP contribution in [0.4, 0.5) is 0 Å². The standard InChI is InChI=1S/C16H20N2OS2.ClH/c19-16(9-13-5-6-17-10-13)18(11-14-3-1-7-20-14)12-15-4-2-8-21-15;/h1-4,7-8,13,17H,5-6,9-12H2;1H. The summed E-state index contributed by atoms with van der Waals surface area (Å²) in [6.07, 6.45) is 1.79. The molecule has 3 nitrogen and oxygen atoms in total. The normalized spacial score (nSPS) is 17.2. The van der Waals surface area contributed by atoms with Crippen LogP contribution < -0.4 is 5.32 Å². The first-order valence-corrected chi connectivity index (χ1v) is 9.10. The molecule has 1 unspecified atom stereocenters. The van der Waals surface area contributed by atoms with Crippen LogP contribution in [0.2, 0.25) is 0 Å². The molecule has 1 atom stereocenters. The molecule has 3 heterocycles. The zero-order valence-electron chi connectivity index (χ0n) is 12.4. The predicted molar refractivity (Wildman–Crippen MR) is 95.7 cm³/mol. The van der Waals surface area contributed by atoms with Gasteiger partial charge in [-0.25, -0.2) is 0 Å². The van der Waals surface area contributed by atoms with Crippen molar-refractivity contribution in [3.05, 3.63) is 44.8 Å². The molecule has 1 aliphatic rings. The number of hydrogen-bond donors (Lipinski definition) is 1. The maximum atomic E-state index is 12.7. The summed E-state index contributed by atoms with van der Waals surface area (Å²) in [4.78, 5) is 17.2. The summed E-state index contributed by atoms with van der Waals surface area (Å²) < 4.78 is 0. The first-order valence-electron chi connectivity index (χ1n) is 7.34. The van der Waals surface area contributed by atoms with Crippen molar-refractivity contribution in [2.24, 2.45) is 5.92 Å². The molecule has 0 bridgehead atoms. The van der Waals surface area contributed by atoms with E-state index in [1.54, 1.807) is 22.7 Å². The van der Waals surface area contributed by atoms with E-state index < -0.39 is 0 Å². The molecule has 0 aliphatic carbocycles. The first-order chi connectivity index (χ1) is 10.3. The van der Waals surface area contributed by atoms with E-state index in [0.29, 0.717) is 12.3 Å². The molecule has 22 heavy (non-hydrogen) atoms. The molecule has 1 saturated heterocycles. The molecule has 1 N–H and O–H groups in total. The molecule has 1 amide bonds. The van der Waals surface area contributed by atoms with Gasteiger partial charge < -0.3 is 10.2 Å². The van der Waals surface area contributed by atoms with Gasteiger partial charge in [0.05, 0.1) is 13.1 Å². The van der Waals surface area contributed by atoms with Gasteiger partial charge in [-0.1, -0.05) is 12.1 Å². The quantitative estimate of drug-likeness (QED) is 0.854. The predicted octanol–water partition coefficient (Wildman–Crippen LogP) is 3.76. The molecule has 0 spiro atoms. The average molecular weight is 357 g/mol. The van der Waals surface area contributed by atoms with E-state index in [9.17, 15) is 4.79 Å². The van der Waals surface area contributed by atoms with Crippen molar-refractivity contribution in [3.63, 3.8) is 0 Å². The fraction of sp³-hybridized carbons (Fsp3) is 0.438. The Bertz CT molecular complexity index is 514. The van der Waals surface area contributed by atoms with Crippen LogP contribution in [0.25, 0.3) is 0 Å². The van der Waals surface area contributed by atoms with Crippen LogP contribution in [0.15, 0.2) is 35.0 Å². The minimum absolute atomic E-state index is 0. The smallest absolute Gasteiger partial charge is 0.223 e. The molecule has 3 rings (SSSR count). The minimum Gasteiger partial charge on any atom is -0.332 e. The third-order valence-corrected chi connectivity index (χ3v) is 5.55. The molecule has 1 fully saturated rings. The second-order valence-electron chi connectivity index (χ2n) is 5.47. The second kappa shape index (κ2) is 8.67. The van der Waals surface area contributed by atoms with E-state index >= 15 is 0 Å². The number of rotatable bonds is 6. The lowest BCUT2D eigenvalue weighted by Gasteiger charge is -2.23. The summed E-state index contributed by atoms with van der Waals surface area (Å²) >= 11 is 3.44. The van der Waals surface area contributed by atoms with Crippen molar-refractivity contribution < 1.29 is 4.79 Å². The lowest BCUT2D eigenvalue weighted by Crippen LogP contribution is -2.31. The molecule has 0 aromatic carbocycles. The van der Waals surface area contributed by atoms with Gasteiger partial charge in [-0.15, -0.1) is 35.1 Å². The van der Waals surface area contributed by atoms with Gasteiger partial charge in [-0.05, 0) is 48.3 Å². The van der Waals surface area contributed by atoms with Gasteiger partial charge in [0.25, 0.3) is 0 Å². The zero-order valence-corrected chi connectivity index (χ0v) is 14.8. The molecule has 2 aromatic rings. The van der Waals surface area contributed by atoms with E-state index in [-0.39, 0.29) is 18.3 Å². The van der Waals surface area contributed by atoms with Crippen LogP contribution in [-0.4, -0.2) is 23.9 Å². The topological polar surface area (TPSA) is 32.3 Å². The van der Waals surface area contributed by atoms with E-state index in [1.807, 2.05) is 4.90 Å². The lowest BCUT2D eigenvalue weighted by molar-refractivity contribution is -0.133. The molecular formula is C16H21ClN2OS2. The average Bonchev–Trinajstić information content (AvgIpc) is 3.21. The van der Waals surface area contributed by atoms with Crippen molar-refractivity contribution in [1.82, 2.24) is 10.2 Å². The molecule has 6 heteroatoms. The Kier molecular flexibility index (Phi) is 6.89. The van der Waals surface area contributed by atoms with Crippen LogP contribution in [0, 0.1) is 5.92 Å². The van der Waals surface area contributed by atoms with Gasteiger partial charge in [0.15, 0.2) is 0 Å². The lowest BCUT2D eigenvalue weighted by atomic mass is 10.0. The summed E-state index contributed by atoms with van der Waals surface area (Å²) in [6.45, 7) is 3.49. The molecule has 0 radical (unpaired) electrons. The second-order valence-corrected chi connectivity index (χ2v) is 7.54. The maximum Gasteiger partial charge on any atom is 0.223 e. The highest BCUT2D eigenvalue weighted by Gasteiger charge is 2.22. The van der Waals surface area contributed by atoms with Gasteiger partial charge >= 0.3 is 0 Å². The third-order valence-electron chi connectivity index (χ3n) is 3.83. The highest BCUT2D eigenvalue weighted by molar-refractivity contribution is 7.10. The number of amides is 1. The van der Waals surface area contributed by atoms with Crippen LogP contribution >= 0.6 is 35.1 Å². The summed E-state index contributed by atoms with van der Waals surface area (Å²) in [5, 5.41) is 7.49. The van der Waals surface area contributed by atoms with Gasteiger partial charge in [-0.2, -0.15) is 0 Å². The van der Waals surface area contributed by atoms with Gasteiger partial charge in [-0.3, -0.25) is 4.79 Å². The number of thiophene rings is 2. The van der Waals surface area contributed by atoms with E-state index in [2.05, 4.69) is 40.3 Å². The van der Waals surface area contributed by atoms with Crippen molar-refractivity contribution in [2.45, 2.75) is 25.9 Å². The van der Waals surface area contributed by atoms with Crippen LogP contribution in [0.3, 0.4) is 0 Å². The number of nitrogens with one attached hydrogen (secondary N) is 1. The Morgan fingerprint density at radius 2 is 1.82 bits per heavy atom. The summed E-state index contributed by atoms with van der Waals surface area (Å²) in [5.74, 6) is 0.789. The molecule has 0 saturated carbocycles. The third kappa shape index (κ3) is 4.81. The Balaban J connectivity index is 0.00000176. The SMILES string of the molecule is Cl.O=C(CC1CCNC1)N(Cc1cccs1)Cc1cccs1. The fourth-order valence-electron chi connectivity index (χ4n) is 2.68. The van der Waals surface area contributed by atoms with Crippen LogP contribution in [0.5, 0.6) is 0 Å². The number of carbonyl (C=O) groups is 1. The molecular weight excluding hydrogens is 336 g/mol. The van der Waals surface area contributed by atoms with Crippen molar-refractivity contribution >= 4 is 41.0 Å². The highest BCUT2D eigenvalue weighted by atomic mass is 35.5. The summed E-state index contributed by atoms with van der Waals surface area (Å²) in [7, 11) is 0. The summed E-state index contributed by atoms with van der Waals surface area (Å²) in [5.41, 5.74) is 0. The zero-order chi connectivity index (χ0) is 14.5. The van der Waals surface area contributed by atoms with Crippen molar-refractivity contribution in [1.29, 1.82) is 0 Å². The first kappa shape index (κ1) is 17.5. The number of halogens is 1. The Morgan fingerprint density at radius 3 is 2.27 bits per heavy atom. The fourth-order valence-corrected chi connectivity index (χ4v) is 4.12. The largest absolute Gasteiger partial charge is 0.332 e. The Labute approximate surface area is 145 Å². The van der Waals surface area contributed by atoms with Crippen molar-refractivity contribution in [3.8, 4) is 0 Å².